The zero-order chi connectivity index (χ0) is 14.0. The second-order valence-corrected chi connectivity index (χ2v) is 6.65. The standard InChI is InChI=1S/C12H21N3O3S/c1-3-15-8-12(13-9(15)2)19(17,18)14-10-6-4-5-7-11(10)16/h8,10-11,14,16H,3-7H2,1-2H3/t10-,11-/m1/s1. The summed E-state index contributed by atoms with van der Waals surface area (Å²) in [5.74, 6) is 0.673. The summed E-state index contributed by atoms with van der Waals surface area (Å²) in [4.78, 5) is 4.07. The van der Waals surface area contributed by atoms with Gasteiger partial charge in [-0.3, -0.25) is 0 Å². The molecule has 19 heavy (non-hydrogen) atoms. The molecular formula is C12H21N3O3S. The van der Waals surface area contributed by atoms with E-state index >= 15 is 0 Å². The van der Waals surface area contributed by atoms with Crippen molar-refractivity contribution in [2.24, 2.45) is 0 Å². The number of aliphatic hydroxyl groups excluding tert-OH is 1. The van der Waals surface area contributed by atoms with Gasteiger partial charge in [0.2, 0.25) is 0 Å². The van der Waals surface area contributed by atoms with E-state index < -0.39 is 22.2 Å². The van der Waals surface area contributed by atoms with Crippen molar-refractivity contribution in [1.82, 2.24) is 14.3 Å². The van der Waals surface area contributed by atoms with Gasteiger partial charge in [-0.1, -0.05) is 12.8 Å². The highest BCUT2D eigenvalue weighted by Crippen LogP contribution is 2.20. The number of aryl methyl sites for hydroxylation is 2. The SMILES string of the molecule is CCn1cc(S(=O)(=O)N[C@@H]2CCCC[C@H]2O)nc1C. The lowest BCUT2D eigenvalue weighted by atomic mass is 9.93. The fourth-order valence-electron chi connectivity index (χ4n) is 2.44. The molecule has 2 N–H and O–H groups in total. The van der Waals surface area contributed by atoms with Crippen LogP contribution in [0.5, 0.6) is 0 Å². The highest BCUT2D eigenvalue weighted by atomic mass is 32.2. The molecule has 0 bridgehead atoms. The van der Waals surface area contributed by atoms with Crippen LogP contribution >= 0.6 is 0 Å². The quantitative estimate of drug-likeness (QED) is 0.857. The molecule has 0 saturated heterocycles. The van der Waals surface area contributed by atoms with E-state index in [0.29, 0.717) is 25.2 Å². The minimum absolute atomic E-state index is 0.0321. The predicted molar refractivity (Wildman–Crippen MR) is 71.2 cm³/mol. The lowest BCUT2D eigenvalue weighted by Gasteiger charge is -2.27. The first-order chi connectivity index (χ1) is 8.94. The van der Waals surface area contributed by atoms with Crippen LogP contribution in [0.25, 0.3) is 0 Å². The molecule has 2 atom stereocenters. The molecular weight excluding hydrogens is 266 g/mol. The number of nitrogens with one attached hydrogen (secondary N) is 1. The van der Waals surface area contributed by atoms with Gasteiger partial charge in [-0.2, -0.15) is 0 Å². The third-order valence-electron chi connectivity index (χ3n) is 3.61. The number of aliphatic hydroxyl groups is 1. The Morgan fingerprint density at radius 3 is 2.74 bits per heavy atom. The van der Waals surface area contributed by atoms with Gasteiger partial charge < -0.3 is 9.67 Å². The van der Waals surface area contributed by atoms with Crippen LogP contribution in [0.4, 0.5) is 0 Å². The molecule has 0 aliphatic heterocycles. The lowest BCUT2D eigenvalue weighted by molar-refractivity contribution is 0.101. The van der Waals surface area contributed by atoms with E-state index in [1.54, 1.807) is 11.5 Å². The molecule has 1 saturated carbocycles. The Bertz CT molecular complexity index is 538. The van der Waals surface area contributed by atoms with E-state index in [1.807, 2.05) is 6.92 Å². The molecule has 0 aromatic carbocycles. The van der Waals surface area contributed by atoms with Crippen LogP contribution in [0.15, 0.2) is 11.2 Å². The molecule has 2 rings (SSSR count). The van der Waals surface area contributed by atoms with Gasteiger partial charge in [-0.15, -0.1) is 0 Å². The van der Waals surface area contributed by atoms with E-state index in [0.717, 1.165) is 12.8 Å². The molecule has 1 aromatic rings. The number of hydrogen-bond donors (Lipinski definition) is 2. The van der Waals surface area contributed by atoms with Crippen LogP contribution in [0.3, 0.4) is 0 Å². The maximum absolute atomic E-state index is 12.2. The van der Waals surface area contributed by atoms with E-state index in [4.69, 9.17) is 0 Å². The minimum atomic E-state index is -3.65. The summed E-state index contributed by atoms with van der Waals surface area (Å²) in [6.07, 6.45) is 4.14. The largest absolute Gasteiger partial charge is 0.391 e. The molecule has 0 spiro atoms. The van der Waals surface area contributed by atoms with Crippen LogP contribution in [-0.2, 0) is 16.6 Å². The second kappa shape index (κ2) is 5.60. The monoisotopic (exact) mass is 287 g/mol. The first-order valence-electron chi connectivity index (χ1n) is 6.68. The predicted octanol–water partition coefficient (Wildman–Crippen LogP) is 0.793. The summed E-state index contributed by atoms with van der Waals surface area (Å²) in [5.41, 5.74) is 0. The smallest absolute Gasteiger partial charge is 0.259 e. The summed E-state index contributed by atoms with van der Waals surface area (Å²) in [6, 6.07) is -0.397. The van der Waals surface area contributed by atoms with Crippen LogP contribution in [-0.4, -0.2) is 35.2 Å². The molecule has 6 nitrogen and oxygen atoms in total. The van der Waals surface area contributed by atoms with Gasteiger partial charge in [0.05, 0.1) is 6.10 Å². The molecule has 1 aromatic heterocycles. The first kappa shape index (κ1) is 14.5. The Morgan fingerprint density at radius 1 is 1.47 bits per heavy atom. The topological polar surface area (TPSA) is 84.2 Å². The van der Waals surface area contributed by atoms with Crippen molar-refractivity contribution in [3.05, 3.63) is 12.0 Å². The summed E-state index contributed by atoms with van der Waals surface area (Å²) in [5, 5.41) is 9.86. The third kappa shape index (κ3) is 3.16. The molecule has 7 heteroatoms. The maximum atomic E-state index is 12.2. The molecule has 0 radical (unpaired) electrons. The van der Waals surface area contributed by atoms with Crippen molar-refractivity contribution in [1.29, 1.82) is 0 Å². The van der Waals surface area contributed by atoms with Crippen molar-refractivity contribution in [3.8, 4) is 0 Å². The fourth-order valence-corrected chi connectivity index (χ4v) is 3.75. The van der Waals surface area contributed by atoms with E-state index in [2.05, 4.69) is 9.71 Å². The average Bonchev–Trinajstić information content (AvgIpc) is 2.74. The average molecular weight is 287 g/mol. The van der Waals surface area contributed by atoms with Crippen LogP contribution in [0.2, 0.25) is 0 Å². The van der Waals surface area contributed by atoms with Gasteiger partial charge >= 0.3 is 0 Å². The Kier molecular flexibility index (Phi) is 4.27. The zero-order valence-corrected chi connectivity index (χ0v) is 12.2. The number of hydrogen-bond acceptors (Lipinski definition) is 4. The molecule has 1 heterocycles. The highest BCUT2D eigenvalue weighted by molar-refractivity contribution is 7.89. The Morgan fingerprint density at radius 2 is 2.16 bits per heavy atom. The van der Waals surface area contributed by atoms with E-state index in [-0.39, 0.29) is 5.03 Å². The number of imidazole rings is 1. The number of rotatable bonds is 4. The molecule has 1 aliphatic rings. The molecule has 0 unspecified atom stereocenters. The van der Waals surface area contributed by atoms with Crippen molar-refractivity contribution in [3.63, 3.8) is 0 Å². The minimum Gasteiger partial charge on any atom is -0.391 e. The second-order valence-electron chi connectivity index (χ2n) is 4.99. The first-order valence-corrected chi connectivity index (χ1v) is 8.16. The van der Waals surface area contributed by atoms with Crippen LogP contribution in [0.1, 0.15) is 38.4 Å². The molecule has 0 amide bonds. The summed E-state index contributed by atoms with van der Waals surface area (Å²) >= 11 is 0. The van der Waals surface area contributed by atoms with Crippen LogP contribution < -0.4 is 4.72 Å². The molecule has 108 valence electrons. The Labute approximate surface area is 113 Å². The normalized spacial score (nSPS) is 24.6. The van der Waals surface area contributed by atoms with Gasteiger partial charge in [0.15, 0.2) is 5.03 Å². The number of aromatic nitrogens is 2. The van der Waals surface area contributed by atoms with E-state index in [9.17, 15) is 13.5 Å². The van der Waals surface area contributed by atoms with Gasteiger partial charge in [-0.05, 0) is 26.7 Å². The molecule has 1 fully saturated rings. The highest BCUT2D eigenvalue weighted by Gasteiger charge is 2.29. The van der Waals surface area contributed by atoms with Crippen molar-refractivity contribution in [2.75, 3.05) is 0 Å². The number of sulfonamides is 1. The van der Waals surface area contributed by atoms with Crippen molar-refractivity contribution in [2.45, 2.75) is 63.2 Å². The summed E-state index contributed by atoms with van der Waals surface area (Å²) in [6.45, 7) is 4.39. The fraction of sp³-hybridized carbons (Fsp3) is 0.750. The molecule has 1 aliphatic carbocycles. The van der Waals surface area contributed by atoms with Gasteiger partial charge in [0.1, 0.15) is 5.82 Å². The number of nitrogens with zero attached hydrogens (tertiary/aromatic N) is 2. The zero-order valence-electron chi connectivity index (χ0n) is 11.3. The maximum Gasteiger partial charge on any atom is 0.259 e. The Hall–Kier alpha value is -0.920. The van der Waals surface area contributed by atoms with Crippen LogP contribution in [0, 0.1) is 6.92 Å². The third-order valence-corrected chi connectivity index (χ3v) is 4.97. The Balaban J connectivity index is 2.17. The van der Waals surface area contributed by atoms with Gasteiger partial charge in [0, 0.05) is 18.8 Å². The van der Waals surface area contributed by atoms with Gasteiger partial charge in [-0.25, -0.2) is 18.1 Å². The van der Waals surface area contributed by atoms with E-state index in [1.165, 1.54) is 6.20 Å². The van der Waals surface area contributed by atoms with Crippen molar-refractivity contribution >= 4 is 10.0 Å². The summed E-state index contributed by atoms with van der Waals surface area (Å²) < 4.78 is 28.8. The lowest BCUT2D eigenvalue weighted by Crippen LogP contribution is -2.45. The van der Waals surface area contributed by atoms with Crippen molar-refractivity contribution < 1.29 is 13.5 Å². The summed E-state index contributed by atoms with van der Waals surface area (Å²) in [7, 11) is -3.65. The van der Waals surface area contributed by atoms with Gasteiger partial charge in [0.25, 0.3) is 10.0 Å².